The maximum absolute atomic E-state index is 9.93. The Bertz CT molecular complexity index is 659. The lowest BCUT2D eigenvalue weighted by Crippen LogP contribution is -2.43. The van der Waals surface area contributed by atoms with Crippen molar-refractivity contribution in [1.29, 1.82) is 0 Å². The van der Waals surface area contributed by atoms with Crippen molar-refractivity contribution < 1.29 is 5.11 Å². The van der Waals surface area contributed by atoms with Crippen LogP contribution in [0.1, 0.15) is 24.0 Å². The second-order valence-electron chi connectivity index (χ2n) is 5.94. The molecule has 2 N–H and O–H groups in total. The Labute approximate surface area is 125 Å². The van der Waals surface area contributed by atoms with Gasteiger partial charge in [-0.05, 0) is 56.5 Å². The van der Waals surface area contributed by atoms with E-state index in [0.717, 1.165) is 31.4 Å². The molecular formula is C17H23N3O. The van der Waals surface area contributed by atoms with Crippen molar-refractivity contribution in [2.24, 2.45) is 0 Å². The van der Waals surface area contributed by atoms with Gasteiger partial charge in [-0.25, -0.2) is 4.98 Å². The Morgan fingerprint density at radius 3 is 3.00 bits per heavy atom. The highest BCUT2D eigenvalue weighted by molar-refractivity contribution is 5.77. The van der Waals surface area contributed by atoms with Crippen LogP contribution in [0.15, 0.2) is 30.6 Å². The van der Waals surface area contributed by atoms with Gasteiger partial charge < -0.3 is 15.0 Å². The van der Waals surface area contributed by atoms with E-state index in [1.165, 1.54) is 16.6 Å². The van der Waals surface area contributed by atoms with E-state index in [1.807, 2.05) is 6.33 Å². The number of hydrogen-bond donors (Lipinski definition) is 2. The Morgan fingerprint density at radius 1 is 1.38 bits per heavy atom. The molecule has 1 aliphatic heterocycles. The quantitative estimate of drug-likeness (QED) is 0.851. The van der Waals surface area contributed by atoms with Crippen LogP contribution in [-0.4, -0.2) is 33.3 Å². The molecule has 112 valence electrons. The predicted molar refractivity (Wildman–Crippen MR) is 85.4 cm³/mol. The van der Waals surface area contributed by atoms with Gasteiger partial charge in [-0.15, -0.1) is 0 Å². The number of nitrogens with zero attached hydrogens (tertiary/aromatic N) is 2. The first-order valence-electron chi connectivity index (χ1n) is 7.65. The van der Waals surface area contributed by atoms with Gasteiger partial charge in [-0.1, -0.05) is 12.2 Å². The summed E-state index contributed by atoms with van der Waals surface area (Å²) in [7, 11) is 0. The van der Waals surface area contributed by atoms with Gasteiger partial charge in [0.1, 0.15) is 0 Å². The molecule has 4 nitrogen and oxygen atoms in total. The number of aliphatic hydroxyl groups excluding tert-OH is 1. The normalized spacial score (nSPS) is 23.2. The monoisotopic (exact) mass is 285 g/mol. The number of imidazole rings is 1. The van der Waals surface area contributed by atoms with E-state index in [1.54, 1.807) is 0 Å². The molecule has 0 spiro atoms. The second kappa shape index (κ2) is 6.00. The SMILES string of the molecule is Cc1cc2ncn(C/C=C/[C@H]3NCCC[C@@H]3O)c2cc1C. The molecule has 21 heavy (non-hydrogen) atoms. The molecule has 1 fully saturated rings. The lowest BCUT2D eigenvalue weighted by Gasteiger charge is -2.26. The van der Waals surface area contributed by atoms with Crippen molar-refractivity contribution in [1.82, 2.24) is 14.9 Å². The predicted octanol–water partition coefficient (Wildman–Crippen LogP) is 2.32. The summed E-state index contributed by atoms with van der Waals surface area (Å²) < 4.78 is 2.15. The number of piperidine rings is 1. The van der Waals surface area contributed by atoms with Crippen molar-refractivity contribution in [2.75, 3.05) is 6.54 Å². The zero-order chi connectivity index (χ0) is 14.8. The number of hydrogen-bond acceptors (Lipinski definition) is 3. The Hall–Kier alpha value is -1.65. The van der Waals surface area contributed by atoms with Gasteiger partial charge in [0.15, 0.2) is 0 Å². The van der Waals surface area contributed by atoms with Crippen molar-refractivity contribution in [2.45, 2.75) is 45.4 Å². The summed E-state index contributed by atoms with van der Waals surface area (Å²) in [5.74, 6) is 0. The smallest absolute Gasteiger partial charge is 0.0961 e. The maximum Gasteiger partial charge on any atom is 0.0961 e. The third kappa shape index (κ3) is 3.01. The fraction of sp³-hybridized carbons (Fsp3) is 0.471. The van der Waals surface area contributed by atoms with Crippen LogP contribution >= 0.6 is 0 Å². The molecule has 0 bridgehead atoms. The molecule has 0 saturated carbocycles. The van der Waals surface area contributed by atoms with Gasteiger partial charge in [-0.2, -0.15) is 0 Å². The van der Waals surface area contributed by atoms with Crippen molar-refractivity contribution in [3.8, 4) is 0 Å². The highest BCUT2D eigenvalue weighted by atomic mass is 16.3. The van der Waals surface area contributed by atoms with Crippen LogP contribution in [0, 0.1) is 13.8 Å². The van der Waals surface area contributed by atoms with Gasteiger partial charge in [0.25, 0.3) is 0 Å². The molecule has 0 radical (unpaired) electrons. The summed E-state index contributed by atoms with van der Waals surface area (Å²) in [5, 5.41) is 13.3. The molecule has 4 heteroatoms. The van der Waals surface area contributed by atoms with Crippen molar-refractivity contribution in [3.63, 3.8) is 0 Å². The number of aromatic nitrogens is 2. The maximum atomic E-state index is 9.93. The number of nitrogens with one attached hydrogen (secondary N) is 1. The summed E-state index contributed by atoms with van der Waals surface area (Å²) in [6.45, 7) is 6.01. The molecule has 0 amide bonds. The zero-order valence-corrected chi connectivity index (χ0v) is 12.7. The van der Waals surface area contributed by atoms with E-state index in [2.05, 4.69) is 53.0 Å². The molecule has 3 rings (SSSR count). The van der Waals surface area contributed by atoms with Crippen LogP contribution in [0.2, 0.25) is 0 Å². The molecule has 1 saturated heterocycles. The summed E-state index contributed by atoms with van der Waals surface area (Å²) in [6.07, 6.45) is 7.75. The van der Waals surface area contributed by atoms with Crippen molar-refractivity contribution in [3.05, 3.63) is 41.7 Å². The van der Waals surface area contributed by atoms with Crippen LogP contribution in [0.25, 0.3) is 11.0 Å². The first kappa shape index (κ1) is 14.3. The number of rotatable bonds is 3. The number of aliphatic hydroxyl groups is 1. The lowest BCUT2D eigenvalue weighted by molar-refractivity contribution is 0.115. The largest absolute Gasteiger partial charge is 0.391 e. The van der Waals surface area contributed by atoms with Gasteiger partial charge in [0.2, 0.25) is 0 Å². The van der Waals surface area contributed by atoms with E-state index in [-0.39, 0.29) is 12.1 Å². The van der Waals surface area contributed by atoms with Crippen LogP contribution in [0.4, 0.5) is 0 Å². The Kier molecular flexibility index (Phi) is 4.08. The average Bonchev–Trinajstić information content (AvgIpc) is 2.84. The summed E-state index contributed by atoms with van der Waals surface area (Å²) in [6, 6.07) is 4.41. The standard InChI is InChI=1S/C17H23N3O/c1-12-9-15-16(10-13(12)2)20(11-19-15)8-4-5-14-17(21)6-3-7-18-14/h4-5,9-11,14,17-18,21H,3,6-8H2,1-2H3/b5-4+/t14-,17+/m1/s1. The second-order valence-corrected chi connectivity index (χ2v) is 5.94. The van der Waals surface area contributed by atoms with Crippen molar-refractivity contribution >= 4 is 11.0 Å². The fourth-order valence-electron chi connectivity index (χ4n) is 2.87. The van der Waals surface area contributed by atoms with Gasteiger partial charge in [-0.3, -0.25) is 0 Å². The molecule has 2 heterocycles. The van der Waals surface area contributed by atoms with Gasteiger partial charge in [0, 0.05) is 6.54 Å². The van der Waals surface area contributed by atoms with Crippen LogP contribution in [-0.2, 0) is 6.54 Å². The van der Waals surface area contributed by atoms with Crippen LogP contribution in [0.3, 0.4) is 0 Å². The minimum atomic E-state index is -0.264. The van der Waals surface area contributed by atoms with E-state index in [9.17, 15) is 5.11 Å². The first-order valence-corrected chi connectivity index (χ1v) is 7.65. The van der Waals surface area contributed by atoms with Crippen LogP contribution in [0.5, 0.6) is 0 Å². The molecule has 1 aromatic carbocycles. The fourth-order valence-corrected chi connectivity index (χ4v) is 2.87. The highest BCUT2D eigenvalue weighted by Crippen LogP contribution is 2.18. The molecule has 2 atom stereocenters. The summed E-state index contributed by atoms with van der Waals surface area (Å²) >= 11 is 0. The van der Waals surface area contributed by atoms with Gasteiger partial charge >= 0.3 is 0 Å². The van der Waals surface area contributed by atoms with E-state index >= 15 is 0 Å². The Balaban J connectivity index is 1.74. The molecule has 0 unspecified atom stereocenters. The summed E-state index contributed by atoms with van der Waals surface area (Å²) in [4.78, 5) is 4.47. The highest BCUT2D eigenvalue weighted by Gasteiger charge is 2.19. The molecule has 0 aliphatic carbocycles. The third-order valence-corrected chi connectivity index (χ3v) is 4.35. The minimum Gasteiger partial charge on any atom is -0.391 e. The molecule has 1 aromatic heterocycles. The molecule has 1 aliphatic rings. The number of aryl methyl sites for hydroxylation is 2. The average molecular weight is 285 g/mol. The van der Waals surface area contributed by atoms with E-state index in [4.69, 9.17) is 0 Å². The first-order chi connectivity index (χ1) is 10.1. The molecule has 2 aromatic rings. The third-order valence-electron chi connectivity index (χ3n) is 4.35. The van der Waals surface area contributed by atoms with E-state index < -0.39 is 0 Å². The van der Waals surface area contributed by atoms with Crippen LogP contribution < -0.4 is 5.32 Å². The van der Waals surface area contributed by atoms with E-state index in [0.29, 0.717) is 0 Å². The number of allylic oxidation sites excluding steroid dienone is 1. The topological polar surface area (TPSA) is 50.1 Å². The summed E-state index contributed by atoms with van der Waals surface area (Å²) in [5.41, 5.74) is 4.78. The molecular weight excluding hydrogens is 262 g/mol. The Morgan fingerprint density at radius 2 is 2.19 bits per heavy atom. The minimum absolute atomic E-state index is 0.0810. The number of benzene rings is 1. The lowest BCUT2D eigenvalue weighted by atomic mass is 10.0. The zero-order valence-electron chi connectivity index (χ0n) is 12.7. The number of fused-ring (bicyclic) bond motifs is 1. The van der Waals surface area contributed by atoms with Gasteiger partial charge in [0.05, 0.1) is 29.5 Å².